The van der Waals surface area contributed by atoms with Crippen LogP contribution in [0.4, 0.5) is 16.2 Å². The third kappa shape index (κ3) is 4.82. The van der Waals surface area contributed by atoms with E-state index in [9.17, 15) is 14.4 Å². The first-order valence-electron chi connectivity index (χ1n) is 7.44. The van der Waals surface area contributed by atoms with Gasteiger partial charge in [-0.3, -0.25) is 4.79 Å². The number of amides is 3. The number of benzene rings is 1. The highest BCUT2D eigenvalue weighted by Gasteiger charge is 2.34. The highest BCUT2D eigenvalue weighted by atomic mass is 16.5. The van der Waals surface area contributed by atoms with Crippen LogP contribution in [0.3, 0.4) is 0 Å². The van der Waals surface area contributed by atoms with Gasteiger partial charge in [-0.15, -0.1) is 6.58 Å². The van der Waals surface area contributed by atoms with Gasteiger partial charge in [0.1, 0.15) is 6.10 Å². The molecule has 0 saturated carbocycles. The maximum absolute atomic E-state index is 12.0. The summed E-state index contributed by atoms with van der Waals surface area (Å²) < 4.78 is 5.19. The Balaban J connectivity index is 1.85. The number of hydrogen-bond acceptors (Lipinski definition) is 4. The maximum atomic E-state index is 12.0. The van der Waals surface area contributed by atoms with Crippen LogP contribution in [0.1, 0.15) is 12.8 Å². The largest absolute Gasteiger partial charge is 0.479 e. The Kier molecular flexibility index (Phi) is 5.91. The van der Waals surface area contributed by atoms with Crippen LogP contribution in [0.25, 0.3) is 0 Å². The van der Waals surface area contributed by atoms with Crippen LogP contribution >= 0.6 is 0 Å². The van der Waals surface area contributed by atoms with E-state index in [-0.39, 0.29) is 11.9 Å². The monoisotopic (exact) mass is 333 g/mol. The van der Waals surface area contributed by atoms with Crippen molar-refractivity contribution >= 4 is 29.3 Å². The van der Waals surface area contributed by atoms with E-state index >= 15 is 0 Å². The van der Waals surface area contributed by atoms with E-state index in [0.717, 1.165) is 0 Å². The molecule has 0 aromatic heterocycles. The van der Waals surface area contributed by atoms with Crippen molar-refractivity contribution < 1.29 is 24.2 Å². The Morgan fingerprint density at radius 2 is 1.71 bits per heavy atom. The molecule has 8 heteroatoms. The van der Waals surface area contributed by atoms with Gasteiger partial charge < -0.3 is 25.8 Å². The van der Waals surface area contributed by atoms with Gasteiger partial charge in [0, 0.05) is 17.9 Å². The second-order valence-electron chi connectivity index (χ2n) is 5.22. The second kappa shape index (κ2) is 8.11. The molecule has 1 fully saturated rings. The molecule has 128 valence electrons. The number of carbonyl (C=O) groups is 3. The lowest BCUT2D eigenvalue weighted by Crippen LogP contribution is -2.30. The van der Waals surface area contributed by atoms with Crippen molar-refractivity contribution in [1.82, 2.24) is 5.32 Å². The second-order valence-corrected chi connectivity index (χ2v) is 5.22. The molecular formula is C16H19N3O5. The minimum Gasteiger partial charge on any atom is -0.479 e. The topological polar surface area (TPSA) is 117 Å². The molecule has 1 aromatic rings. The molecule has 2 rings (SSSR count). The molecule has 0 radical (unpaired) electrons. The number of ether oxygens (including phenoxy) is 1. The van der Waals surface area contributed by atoms with E-state index in [0.29, 0.717) is 30.8 Å². The predicted molar refractivity (Wildman–Crippen MR) is 87.8 cm³/mol. The number of anilines is 2. The molecule has 24 heavy (non-hydrogen) atoms. The van der Waals surface area contributed by atoms with Gasteiger partial charge in [-0.05, 0) is 37.1 Å². The quantitative estimate of drug-likeness (QED) is 0.590. The van der Waals surface area contributed by atoms with Crippen molar-refractivity contribution in [2.24, 2.45) is 0 Å². The number of aliphatic carboxylic acids is 1. The first-order chi connectivity index (χ1) is 11.5. The van der Waals surface area contributed by atoms with Crippen molar-refractivity contribution in [3.05, 3.63) is 36.9 Å². The minimum atomic E-state index is -1.06. The van der Waals surface area contributed by atoms with Crippen molar-refractivity contribution in [2.75, 3.05) is 17.2 Å². The van der Waals surface area contributed by atoms with Crippen molar-refractivity contribution in [3.8, 4) is 0 Å². The highest BCUT2D eigenvalue weighted by Crippen LogP contribution is 2.22. The van der Waals surface area contributed by atoms with E-state index in [4.69, 9.17) is 9.84 Å². The molecule has 0 bridgehead atoms. The summed E-state index contributed by atoms with van der Waals surface area (Å²) in [6.45, 7) is 3.86. The molecule has 0 unspecified atom stereocenters. The molecule has 0 aliphatic carbocycles. The summed E-state index contributed by atoms with van der Waals surface area (Å²) in [5.41, 5.74) is 1.09. The summed E-state index contributed by atoms with van der Waals surface area (Å²) >= 11 is 0. The van der Waals surface area contributed by atoms with Crippen LogP contribution in [0, 0.1) is 0 Å². The molecule has 0 spiro atoms. The molecule has 8 nitrogen and oxygen atoms in total. The van der Waals surface area contributed by atoms with Gasteiger partial charge in [0.15, 0.2) is 6.10 Å². The highest BCUT2D eigenvalue weighted by molar-refractivity contribution is 5.95. The zero-order chi connectivity index (χ0) is 17.5. The molecule has 3 amide bonds. The fourth-order valence-electron chi connectivity index (χ4n) is 2.21. The summed E-state index contributed by atoms with van der Waals surface area (Å²) in [5, 5.41) is 16.7. The molecule has 1 saturated heterocycles. The van der Waals surface area contributed by atoms with Gasteiger partial charge in [0.05, 0.1) is 0 Å². The minimum absolute atomic E-state index is 0.316. The summed E-state index contributed by atoms with van der Waals surface area (Å²) in [6.07, 6.45) is 0.551. The zero-order valence-electron chi connectivity index (χ0n) is 13.0. The summed E-state index contributed by atoms with van der Waals surface area (Å²) in [7, 11) is 0. The Hall–Kier alpha value is -2.87. The van der Waals surface area contributed by atoms with Gasteiger partial charge in [-0.2, -0.15) is 0 Å². The SMILES string of the molecule is C=CCNC(=O)Nc1ccc(NC(=O)[C@@H]2CC[C@H](C(=O)O)O2)cc1. The summed E-state index contributed by atoms with van der Waals surface area (Å²) in [5.74, 6) is -1.45. The van der Waals surface area contributed by atoms with Gasteiger partial charge in [0.25, 0.3) is 5.91 Å². The number of carbonyl (C=O) groups excluding carboxylic acids is 2. The van der Waals surface area contributed by atoms with Gasteiger partial charge in [-0.25, -0.2) is 9.59 Å². The number of carboxylic acids is 1. The third-order valence-electron chi connectivity index (χ3n) is 3.40. The van der Waals surface area contributed by atoms with E-state index < -0.39 is 18.2 Å². The Bertz CT molecular complexity index is 629. The predicted octanol–water partition coefficient (Wildman–Crippen LogP) is 1.56. The first kappa shape index (κ1) is 17.5. The van der Waals surface area contributed by atoms with Gasteiger partial charge in [0.2, 0.25) is 0 Å². The summed E-state index contributed by atoms with van der Waals surface area (Å²) in [6, 6.07) is 6.18. The number of carboxylic acid groups (broad SMARTS) is 1. The first-order valence-corrected chi connectivity index (χ1v) is 7.44. The van der Waals surface area contributed by atoms with E-state index in [1.807, 2.05) is 0 Å². The smallest absolute Gasteiger partial charge is 0.332 e. The number of urea groups is 1. The lowest BCUT2D eigenvalue weighted by Gasteiger charge is -2.12. The molecule has 1 aliphatic rings. The van der Waals surface area contributed by atoms with Crippen molar-refractivity contribution in [1.29, 1.82) is 0 Å². The fourth-order valence-corrected chi connectivity index (χ4v) is 2.21. The normalized spacial score (nSPS) is 19.3. The molecular weight excluding hydrogens is 314 g/mol. The molecule has 1 aliphatic heterocycles. The van der Waals surface area contributed by atoms with Gasteiger partial charge in [-0.1, -0.05) is 6.08 Å². The van der Waals surface area contributed by atoms with Crippen LogP contribution in [0.2, 0.25) is 0 Å². The lowest BCUT2D eigenvalue weighted by molar-refractivity contribution is -0.150. The van der Waals surface area contributed by atoms with Crippen LogP contribution in [-0.4, -0.2) is 41.8 Å². The van der Waals surface area contributed by atoms with Crippen LogP contribution in [0.5, 0.6) is 0 Å². The Labute approximate surface area is 138 Å². The summed E-state index contributed by atoms with van der Waals surface area (Å²) in [4.78, 5) is 34.4. The maximum Gasteiger partial charge on any atom is 0.332 e. The molecule has 4 N–H and O–H groups in total. The van der Waals surface area contributed by atoms with Crippen LogP contribution < -0.4 is 16.0 Å². The van der Waals surface area contributed by atoms with Crippen molar-refractivity contribution in [2.45, 2.75) is 25.0 Å². The Morgan fingerprint density at radius 1 is 1.12 bits per heavy atom. The number of rotatable bonds is 6. The molecule has 1 aromatic carbocycles. The van der Waals surface area contributed by atoms with E-state index in [2.05, 4.69) is 22.5 Å². The average Bonchev–Trinajstić information content (AvgIpc) is 3.05. The fraction of sp³-hybridized carbons (Fsp3) is 0.312. The van der Waals surface area contributed by atoms with Crippen LogP contribution in [0.15, 0.2) is 36.9 Å². The lowest BCUT2D eigenvalue weighted by atomic mass is 10.2. The van der Waals surface area contributed by atoms with E-state index in [1.165, 1.54) is 0 Å². The molecule has 1 heterocycles. The van der Waals surface area contributed by atoms with E-state index in [1.54, 1.807) is 30.3 Å². The zero-order valence-corrected chi connectivity index (χ0v) is 13.0. The number of nitrogens with one attached hydrogen (secondary N) is 3. The van der Waals surface area contributed by atoms with Crippen LogP contribution in [-0.2, 0) is 14.3 Å². The third-order valence-corrected chi connectivity index (χ3v) is 3.40. The average molecular weight is 333 g/mol. The standard InChI is InChI=1S/C16H19N3O5/c1-2-9-17-16(23)19-11-5-3-10(4-6-11)18-14(20)12-7-8-13(24-12)15(21)22/h2-6,12-13H,1,7-9H2,(H,18,20)(H,21,22)(H2,17,19,23)/t12-,13+/m0/s1. The van der Waals surface area contributed by atoms with Gasteiger partial charge >= 0.3 is 12.0 Å². The molecule has 2 atom stereocenters. The van der Waals surface area contributed by atoms with Crippen molar-refractivity contribution in [3.63, 3.8) is 0 Å². The Morgan fingerprint density at radius 3 is 2.25 bits per heavy atom. The number of hydrogen-bond donors (Lipinski definition) is 4.